The minimum Gasteiger partial charge on any atom is -0.263 e. The first-order valence-electron chi connectivity index (χ1n) is 2.92. The third kappa shape index (κ3) is 1.10. The van der Waals surface area contributed by atoms with E-state index in [1.807, 2.05) is 12.1 Å². The van der Waals surface area contributed by atoms with Gasteiger partial charge in [0.15, 0.2) is 0 Å². The first-order valence-corrected chi connectivity index (χ1v) is 4.38. The largest absolute Gasteiger partial charge is 0.263 e. The first kappa shape index (κ1) is 7.30. The Morgan fingerprint density at radius 3 is 2.91 bits per heavy atom. The molecule has 56 valence electrons. The number of nitrogens with zero attached hydrogens (tertiary/aromatic N) is 3. The molecule has 0 saturated carbocycles. The number of hydrogen-bond donors (Lipinski definition) is 0. The lowest BCUT2D eigenvalue weighted by molar-refractivity contribution is 1.01. The van der Waals surface area contributed by atoms with E-state index in [-0.39, 0.29) is 0 Å². The van der Waals surface area contributed by atoms with Crippen molar-refractivity contribution in [2.45, 2.75) is 0 Å². The zero-order valence-corrected chi connectivity index (χ0v) is 8.24. The number of halogens is 2. The number of aromatic nitrogens is 3. The first-order chi connectivity index (χ1) is 5.29. The van der Waals surface area contributed by atoms with Gasteiger partial charge in [-0.3, -0.25) is 4.40 Å². The summed E-state index contributed by atoms with van der Waals surface area (Å²) >= 11 is 7.99. The molecule has 0 N–H and O–H groups in total. The van der Waals surface area contributed by atoms with Crippen LogP contribution in [0.2, 0.25) is 5.28 Å². The third-order valence-electron chi connectivity index (χ3n) is 1.35. The van der Waals surface area contributed by atoms with Crippen molar-refractivity contribution in [3.63, 3.8) is 0 Å². The molecule has 0 saturated heterocycles. The Morgan fingerprint density at radius 1 is 1.36 bits per heavy atom. The van der Waals surface area contributed by atoms with E-state index >= 15 is 0 Å². The molecule has 11 heavy (non-hydrogen) atoms. The maximum absolute atomic E-state index is 5.81. The van der Waals surface area contributed by atoms with Crippen LogP contribution in [0.3, 0.4) is 0 Å². The highest BCUT2D eigenvalue weighted by Gasteiger charge is 2.02. The molecular formula is C6H3ClIN3. The second kappa shape index (κ2) is 2.60. The summed E-state index contributed by atoms with van der Waals surface area (Å²) in [5, 5.41) is 0.449. The van der Waals surface area contributed by atoms with Crippen LogP contribution in [0.15, 0.2) is 18.5 Å². The Labute approximate surface area is 81.6 Å². The van der Waals surface area contributed by atoms with Crippen LogP contribution >= 0.6 is 34.2 Å². The summed E-state index contributed by atoms with van der Waals surface area (Å²) in [6, 6.07) is 3.84. The summed E-state index contributed by atoms with van der Waals surface area (Å²) in [4.78, 5) is 7.88. The smallest absolute Gasteiger partial charge is 0.210 e. The van der Waals surface area contributed by atoms with E-state index in [2.05, 4.69) is 32.6 Å². The molecule has 0 aliphatic heterocycles. The van der Waals surface area contributed by atoms with Gasteiger partial charge in [-0.1, -0.05) is 0 Å². The average Bonchev–Trinajstić information content (AvgIpc) is 2.34. The summed E-state index contributed by atoms with van der Waals surface area (Å²) in [5.74, 6) is 0. The monoisotopic (exact) mass is 279 g/mol. The Balaban J connectivity index is 2.96. The molecule has 0 bridgehead atoms. The lowest BCUT2D eigenvalue weighted by Gasteiger charge is -1.95. The van der Waals surface area contributed by atoms with E-state index < -0.39 is 0 Å². The molecule has 0 aromatic carbocycles. The molecule has 0 radical (unpaired) electrons. The van der Waals surface area contributed by atoms with Crippen LogP contribution in [0.25, 0.3) is 5.65 Å². The lowest BCUT2D eigenvalue weighted by atomic mass is 10.6. The van der Waals surface area contributed by atoms with Gasteiger partial charge in [0.25, 0.3) is 0 Å². The highest BCUT2D eigenvalue weighted by Crippen LogP contribution is 2.14. The zero-order chi connectivity index (χ0) is 7.84. The molecule has 5 heteroatoms. The van der Waals surface area contributed by atoms with E-state index in [0.717, 1.165) is 9.35 Å². The van der Waals surface area contributed by atoms with Gasteiger partial charge in [0.1, 0.15) is 12.0 Å². The molecule has 2 aromatic rings. The number of hydrogen-bond acceptors (Lipinski definition) is 2. The molecule has 2 heterocycles. The van der Waals surface area contributed by atoms with Crippen LogP contribution in [0.5, 0.6) is 0 Å². The Kier molecular flexibility index (Phi) is 1.72. The topological polar surface area (TPSA) is 30.2 Å². The predicted molar refractivity (Wildman–Crippen MR) is 50.7 cm³/mol. The highest BCUT2D eigenvalue weighted by molar-refractivity contribution is 14.1. The SMILES string of the molecule is Clc1ncnc2ccc(I)n12. The molecule has 0 aliphatic rings. The van der Waals surface area contributed by atoms with Gasteiger partial charge < -0.3 is 0 Å². The van der Waals surface area contributed by atoms with E-state index in [0.29, 0.717) is 5.28 Å². The maximum atomic E-state index is 5.81. The van der Waals surface area contributed by atoms with E-state index in [1.165, 1.54) is 6.33 Å². The highest BCUT2D eigenvalue weighted by atomic mass is 127. The fourth-order valence-corrected chi connectivity index (χ4v) is 1.90. The second-order valence-corrected chi connectivity index (χ2v) is 3.44. The van der Waals surface area contributed by atoms with Crippen LogP contribution in [0.1, 0.15) is 0 Å². The van der Waals surface area contributed by atoms with Crippen molar-refractivity contribution in [1.82, 2.24) is 14.4 Å². The van der Waals surface area contributed by atoms with Gasteiger partial charge in [0.05, 0.1) is 3.70 Å². The van der Waals surface area contributed by atoms with Crippen LogP contribution in [0, 0.1) is 3.70 Å². The van der Waals surface area contributed by atoms with Crippen LogP contribution < -0.4 is 0 Å². The number of fused-ring (bicyclic) bond motifs is 1. The molecule has 0 unspecified atom stereocenters. The van der Waals surface area contributed by atoms with Crippen molar-refractivity contribution in [2.75, 3.05) is 0 Å². The molecule has 2 aromatic heterocycles. The standard InChI is InChI=1S/C6H3ClIN3/c7-6-10-3-9-5-2-1-4(8)11(5)6/h1-3H. The van der Waals surface area contributed by atoms with Crippen LogP contribution in [-0.2, 0) is 0 Å². The van der Waals surface area contributed by atoms with Crippen LogP contribution in [0.4, 0.5) is 0 Å². The van der Waals surface area contributed by atoms with Crippen molar-refractivity contribution in [3.8, 4) is 0 Å². The van der Waals surface area contributed by atoms with Crippen molar-refractivity contribution >= 4 is 39.8 Å². The Morgan fingerprint density at radius 2 is 2.18 bits per heavy atom. The Bertz CT molecular complexity index is 398. The summed E-state index contributed by atoms with van der Waals surface area (Å²) in [6.45, 7) is 0. The predicted octanol–water partition coefficient (Wildman–Crippen LogP) is 1.99. The van der Waals surface area contributed by atoms with Gasteiger partial charge in [-0.05, 0) is 46.3 Å². The van der Waals surface area contributed by atoms with Gasteiger partial charge >= 0.3 is 0 Å². The van der Waals surface area contributed by atoms with E-state index in [1.54, 1.807) is 4.40 Å². The van der Waals surface area contributed by atoms with Crippen molar-refractivity contribution in [2.24, 2.45) is 0 Å². The minimum absolute atomic E-state index is 0.449. The van der Waals surface area contributed by atoms with Crippen molar-refractivity contribution < 1.29 is 0 Å². The summed E-state index contributed by atoms with van der Waals surface area (Å²) in [5.41, 5.74) is 0.828. The van der Waals surface area contributed by atoms with Gasteiger partial charge in [0.2, 0.25) is 5.28 Å². The zero-order valence-electron chi connectivity index (χ0n) is 5.33. The average molecular weight is 279 g/mol. The summed E-state index contributed by atoms with van der Waals surface area (Å²) < 4.78 is 2.80. The van der Waals surface area contributed by atoms with E-state index in [4.69, 9.17) is 11.6 Å². The van der Waals surface area contributed by atoms with Gasteiger partial charge in [-0.15, -0.1) is 0 Å². The fraction of sp³-hybridized carbons (Fsp3) is 0. The molecule has 0 aliphatic carbocycles. The molecule has 0 spiro atoms. The molecule has 0 fully saturated rings. The third-order valence-corrected chi connectivity index (χ3v) is 2.46. The molecular weight excluding hydrogens is 276 g/mol. The molecule has 0 amide bonds. The summed E-state index contributed by atoms with van der Waals surface area (Å²) in [7, 11) is 0. The quantitative estimate of drug-likeness (QED) is 0.690. The normalized spacial score (nSPS) is 10.7. The molecule has 3 nitrogen and oxygen atoms in total. The molecule has 2 rings (SSSR count). The maximum Gasteiger partial charge on any atom is 0.210 e. The fourth-order valence-electron chi connectivity index (χ4n) is 0.879. The number of rotatable bonds is 0. The van der Waals surface area contributed by atoms with Crippen LogP contribution in [-0.4, -0.2) is 14.4 Å². The second-order valence-electron chi connectivity index (χ2n) is 1.99. The minimum atomic E-state index is 0.449. The van der Waals surface area contributed by atoms with Crippen molar-refractivity contribution in [3.05, 3.63) is 27.4 Å². The van der Waals surface area contributed by atoms with Gasteiger partial charge in [-0.2, -0.15) is 0 Å². The molecule has 0 atom stereocenters. The van der Waals surface area contributed by atoms with E-state index in [9.17, 15) is 0 Å². The van der Waals surface area contributed by atoms with Gasteiger partial charge in [0, 0.05) is 0 Å². The Hall–Kier alpha value is -0.360. The lowest BCUT2D eigenvalue weighted by Crippen LogP contribution is -1.93. The van der Waals surface area contributed by atoms with Gasteiger partial charge in [-0.25, -0.2) is 9.97 Å². The van der Waals surface area contributed by atoms with Crippen molar-refractivity contribution in [1.29, 1.82) is 0 Å². The summed E-state index contributed by atoms with van der Waals surface area (Å²) in [6.07, 6.45) is 1.45.